The van der Waals surface area contributed by atoms with Gasteiger partial charge in [0.05, 0.1) is 6.61 Å². The van der Waals surface area contributed by atoms with Gasteiger partial charge >= 0.3 is 26.8 Å². The lowest BCUT2D eigenvalue weighted by Crippen LogP contribution is -2.34. The quantitative estimate of drug-likeness (QED) is 0.125. The van der Waals surface area contributed by atoms with Crippen molar-refractivity contribution in [1.82, 2.24) is 9.55 Å². The van der Waals surface area contributed by atoms with Crippen LogP contribution in [0.15, 0.2) is 17.1 Å². The molecule has 0 spiro atoms. The third-order valence-electron chi connectivity index (χ3n) is 3.77. The highest BCUT2D eigenvalue weighted by Crippen LogP contribution is 2.79. The summed E-state index contributed by atoms with van der Waals surface area (Å²) in [6, 6.07) is 1.04. The maximum Gasteiger partial charge on any atom is 0.479 e. The number of hydrogen-bond acceptors (Lipinski definition) is 10. The Morgan fingerprint density at radius 2 is 1.77 bits per heavy atom. The third kappa shape index (κ3) is 5.93. The standard InChI is InChI=1S/C10H15Cl2N2O13P3S/c11-10(12,28(18,19)20)29(21,22)27-30(23,24)25-3-4-6(16)7(17)8(26-4)14-2-1-5(15)13-9(14)31/h1-2,4,6-8,16-17H,3H2,(H,21,22)(H,23,24)(H,13,15,31)(H2,18,19,20)/t4-,6-,7-,8-/m1/s1. The summed E-state index contributed by atoms with van der Waals surface area (Å²) in [6.07, 6.45) is -5.11. The summed E-state index contributed by atoms with van der Waals surface area (Å²) in [5, 5.41) is 20.2. The summed E-state index contributed by atoms with van der Waals surface area (Å²) < 4.78 is 45.7. The van der Waals surface area contributed by atoms with Gasteiger partial charge in [-0.25, -0.2) is 8.88 Å². The summed E-state index contributed by atoms with van der Waals surface area (Å²) in [5.74, 6) is 0. The molecule has 21 heteroatoms. The van der Waals surface area contributed by atoms with Crippen LogP contribution in [0.4, 0.5) is 0 Å². The van der Waals surface area contributed by atoms with Crippen LogP contribution >= 0.6 is 58.4 Å². The molecule has 0 saturated carbocycles. The molecule has 178 valence electrons. The molecule has 1 fully saturated rings. The maximum absolute atomic E-state index is 11.9. The van der Waals surface area contributed by atoms with Crippen LogP contribution in [0.3, 0.4) is 0 Å². The molecule has 15 nitrogen and oxygen atoms in total. The molecule has 1 aliphatic rings. The van der Waals surface area contributed by atoms with Crippen molar-refractivity contribution in [3.05, 3.63) is 27.4 Å². The number of aromatic amines is 1. The van der Waals surface area contributed by atoms with E-state index in [9.17, 15) is 38.5 Å². The molecule has 2 unspecified atom stereocenters. The fraction of sp³-hybridized carbons (Fsp3) is 0.600. The van der Waals surface area contributed by atoms with E-state index in [-0.39, 0.29) is 4.77 Å². The molecule has 6 atom stereocenters. The Hall–Kier alpha value is 0.01000. The summed E-state index contributed by atoms with van der Waals surface area (Å²) in [6.45, 7) is -1.02. The molecular formula is C10H15Cl2N2O13P3S. The Labute approximate surface area is 187 Å². The van der Waals surface area contributed by atoms with Crippen molar-refractivity contribution in [1.29, 1.82) is 0 Å². The molecule has 1 aromatic rings. The van der Waals surface area contributed by atoms with Crippen LogP contribution in [0, 0.1) is 4.77 Å². The highest BCUT2D eigenvalue weighted by Gasteiger charge is 2.62. The van der Waals surface area contributed by atoms with Gasteiger partial charge in [-0.1, -0.05) is 23.2 Å². The van der Waals surface area contributed by atoms with Crippen molar-refractivity contribution in [3.63, 3.8) is 0 Å². The number of phosphoric ester groups is 1. The van der Waals surface area contributed by atoms with Gasteiger partial charge in [-0.15, -0.1) is 0 Å². The second-order valence-electron chi connectivity index (χ2n) is 5.98. The molecule has 0 bridgehead atoms. The number of phosphoric acid groups is 1. The minimum Gasteiger partial charge on any atom is -0.387 e. The minimum absolute atomic E-state index is 0.180. The summed E-state index contributed by atoms with van der Waals surface area (Å²) in [4.78, 5) is 50.5. The van der Waals surface area contributed by atoms with Gasteiger partial charge in [0.1, 0.15) is 18.3 Å². The zero-order valence-corrected chi connectivity index (χ0v) is 19.7. The Bertz CT molecular complexity index is 1090. The number of ether oxygens (including phenoxy) is 1. The van der Waals surface area contributed by atoms with Crippen LogP contribution in [-0.4, -0.2) is 68.1 Å². The van der Waals surface area contributed by atoms with Gasteiger partial charge in [0.25, 0.3) is 5.56 Å². The first kappa shape index (κ1) is 27.3. The van der Waals surface area contributed by atoms with Crippen LogP contribution in [-0.2, 0) is 27.3 Å². The number of nitrogens with zero attached hydrogens (tertiary/aromatic N) is 1. The van der Waals surface area contributed by atoms with E-state index < -0.39 is 63.5 Å². The topological polar surface area (TPSA) is 238 Å². The fourth-order valence-electron chi connectivity index (χ4n) is 2.27. The Morgan fingerprint density at radius 3 is 2.29 bits per heavy atom. The number of aliphatic hydroxyl groups is 2. The number of H-pyrrole nitrogens is 1. The molecule has 0 radical (unpaired) electrons. The van der Waals surface area contributed by atoms with E-state index in [1.165, 1.54) is 0 Å². The van der Waals surface area contributed by atoms with Crippen LogP contribution in [0.1, 0.15) is 6.23 Å². The highest BCUT2D eigenvalue weighted by molar-refractivity contribution is 7.81. The lowest BCUT2D eigenvalue weighted by molar-refractivity contribution is -0.0532. The molecule has 7 N–H and O–H groups in total. The molecule has 1 aliphatic heterocycles. The highest BCUT2D eigenvalue weighted by atomic mass is 35.5. The number of nitrogens with one attached hydrogen (secondary N) is 1. The van der Waals surface area contributed by atoms with Crippen LogP contribution < -0.4 is 5.56 Å². The molecule has 0 aromatic carbocycles. The first-order valence-electron chi connectivity index (χ1n) is 7.68. The molecule has 0 aliphatic carbocycles. The number of halogens is 2. The Morgan fingerprint density at radius 1 is 1.19 bits per heavy atom. The molecule has 31 heavy (non-hydrogen) atoms. The SMILES string of the molecule is O=c1ccn([C@@H]2O[C@H](COP(=O)(O)OP(=O)(O)C(Cl)(Cl)P(=O)(O)O)[C@@H](O)[C@H]2O)c(=S)[nH]1. The van der Waals surface area contributed by atoms with E-state index in [0.717, 1.165) is 16.8 Å². The zero-order valence-electron chi connectivity index (χ0n) is 14.7. The second-order valence-corrected chi connectivity index (χ2v) is 14.4. The van der Waals surface area contributed by atoms with Gasteiger partial charge in [0.2, 0.25) is 0 Å². The van der Waals surface area contributed by atoms with Crippen molar-refractivity contribution in [2.75, 3.05) is 6.61 Å². The molecule has 2 rings (SSSR count). The molecule has 0 amide bonds. The number of alkyl halides is 2. The van der Waals surface area contributed by atoms with Gasteiger partial charge in [0.15, 0.2) is 11.0 Å². The third-order valence-corrected chi connectivity index (χ3v) is 11.8. The smallest absolute Gasteiger partial charge is 0.387 e. The zero-order chi connectivity index (χ0) is 24.0. The van der Waals surface area contributed by atoms with Gasteiger partial charge in [-0.05, 0) is 12.2 Å². The predicted molar refractivity (Wildman–Crippen MR) is 105 cm³/mol. The van der Waals surface area contributed by atoms with Crippen molar-refractivity contribution in [2.45, 2.75) is 28.4 Å². The van der Waals surface area contributed by atoms with Gasteiger partial charge in [0, 0.05) is 12.3 Å². The van der Waals surface area contributed by atoms with Crippen LogP contribution in [0.5, 0.6) is 0 Å². The minimum atomic E-state index is -5.87. The second kappa shape index (κ2) is 9.34. The average Bonchev–Trinajstić information content (AvgIpc) is 2.86. The van der Waals surface area contributed by atoms with E-state index in [0.29, 0.717) is 0 Å². The van der Waals surface area contributed by atoms with Crippen molar-refractivity contribution in [3.8, 4) is 0 Å². The first-order chi connectivity index (χ1) is 13.9. The number of hydrogen-bond donors (Lipinski definition) is 7. The Kier molecular flexibility index (Phi) is 8.21. The van der Waals surface area contributed by atoms with Gasteiger partial charge < -0.3 is 34.5 Å². The maximum atomic E-state index is 11.9. The van der Waals surface area contributed by atoms with Gasteiger partial charge in [-0.2, -0.15) is 0 Å². The molecule has 1 saturated heterocycles. The van der Waals surface area contributed by atoms with Crippen molar-refractivity contribution in [2.24, 2.45) is 0 Å². The first-order valence-corrected chi connectivity index (χ1v) is 13.5. The molecular weight excluding hydrogens is 552 g/mol. The number of aliphatic hydroxyl groups excluding tert-OH is 2. The lowest BCUT2D eigenvalue weighted by Gasteiger charge is -2.26. The van der Waals surface area contributed by atoms with Crippen molar-refractivity contribution < 1.29 is 57.1 Å². The van der Waals surface area contributed by atoms with Gasteiger partial charge in [-0.3, -0.25) is 28.0 Å². The summed E-state index contributed by atoms with van der Waals surface area (Å²) in [5.41, 5.74) is -0.550. The number of rotatable bonds is 8. The Balaban J connectivity index is 2.12. The van der Waals surface area contributed by atoms with E-state index in [4.69, 9.17) is 49.9 Å². The molecule has 1 aromatic heterocycles. The number of aromatic nitrogens is 2. The average molecular weight is 567 g/mol. The monoisotopic (exact) mass is 566 g/mol. The van der Waals surface area contributed by atoms with Crippen LogP contribution in [0.25, 0.3) is 0 Å². The fourth-order valence-corrected chi connectivity index (χ4v) is 6.77. The van der Waals surface area contributed by atoms with E-state index in [1.807, 2.05) is 0 Å². The summed E-state index contributed by atoms with van der Waals surface area (Å²) >= 11 is 15.2. The largest absolute Gasteiger partial charge is 0.479 e. The van der Waals surface area contributed by atoms with E-state index in [1.54, 1.807) is 0 Å². The van der Waals surface area contributed by atoms with E-state index in [2.05, 4.69) is 13.8 Å². The normalized spacial score (nSPS) is 28.8. The van der Waals surface area contributed by atoms with Crippen molar-refractivity contribution >= 4 is 58.4 Å². The predicted octanol–water partition coefficient (Wildman–Crippen LogP) is 0.111. The molecule has 2 heterocycles. The summed E-state index contributed by atoms with van der Waals surface area (Å²) in [7, 11) is -17.1. The van der Waals surface area contributed by atoms with Crippen LogP contribution in [0.2, 0.25) is 0 Å². The lowest BCUT2D eigenvalue weighted by atomic mass is 10.1. The van der Waals surface area contributed by atoms with E-state index >= 15 is 0 Å².